The van der Waals surface area contributed by atoms with Gasteiger partial charge in [-0.05, 0) is 44.9 Å². The molecule has 1 aliphatic heterocycles. The zero-order chi connectivity index (χ0) is 16.8. The first-order chi connectivity index (χ1) is 11.2. The van der Waals surface area contributed by atoms with Crippen molar-refractivity contribution in [1.82, 2.24) is 0 Å². The van der Waals surface area contributed by atoms with E-state index in [0.717, 1.165) is 37.7 Å². The highest BCUT2D eigenvalue weighted by molar-refractivity contribution is 5.85. The van der Waals surface area contributed by atoms with Crippen LogP contribution >= 0.6 is 0 Å². The number of unbranched alkanes of at least 4 members (excludes halogenated alkanes) is 7. The number of allylic oxidation sites excluding steroid dienone is 4. The molecule has 0 aromatic rings. The van der Waals surface area contributed by atoms with Crippen LogP contribution in [0.2, 0.25) is 0 Å². The number of aliphatic hydroxyl groups excluding tert-OH is 1. The minimum absolute atomic E-state index is 0.419. The Morgan fingerprint density at radius 1 is 1.00 bits per heavy atom. The summed E-state index contributed by atoms with van der Waals surface area (Å²) in [5.41, 5.74) is 0.723. The number of carbonyl (C=O) groups excluding carboxylic acids is 1. The Bertz CT molecular complexity index is 407. The third kappa shape index (κ3) is 10.1. The van der Waals surface area contributed by atoms with Gasteiger partial charge in [0, 0.05) is 11.6 Å². The zero-order valence-corrected chi connectivity index (χ0v) is 14.5. The normalized spacial score (nSPS) is 18.1. The highest BCUT2D eigenvalue weighted by atomic mass is 16.6. The minimum Gasteiger partial charge on any atom is -0.429 e. The van der Waals surface area contributed by atoms with Crippen molar-refractivity contribution in [2.24, 2.45) is 0 Å². The molecular weight excluding hydrogens is 288 g/mol. The molecule has 0 fully saturated rings. The molecule has 0 bridgehead atoms. The van der Waals surface area contributed by atoms with Crippen molar-refractivity contribution in [3.63, 3.8) is 0 Å². The van der Waals surface area contributed by atoms with E-state index >= 15 is 0 Å². The van der Waals surface area contributed by atoms with Crippen molar-refractivity contribution in [1.29, 1.82) is 0 Å². The molecule has 0 saturated heterocycles. The SMILES string of the molecule is CCCCC/C=C\C/C=C\CCCCCCC1=CC(=O)OC1O. The van der Waals surface area contributed by atoms with Crippen molar-refractivity contribution in [3.05, 3.63) is 36.0 Å². The lowest BCUT2D eigenvalue weighted by Gasteiger charge is -2.06. The van der Waals surface area contributed by atoms with Gasteiger partial charge < -0.3 is 9.84 Å². The van der Waals surface area contributed by atoms with Crippen LogP contribution in [-0.4, -0.2) is 17.4 Å². The Balaban J connectivity index is 1.88. The van der Waals surface area contributed by atoms with Gasteiger partial charge in [0.1, 0.15) is 0 Å². The zero-order valence-electron chi connectivity index (χ0n) is 14.5. The third-order valence-electron chi connectivity index (χ3n) is 4.01. The van der Waals surface area contributed by atoms with Crippen molar-refractivity contribution >= 4 is 5.97 Å². The lowest BCUT2D eigenvalue weighted by molar-refractivity contribution is -0.151. The predicted octanol–water partition coefficient (Wildman–Crippen LogP) is 5.21. The van der Waals surface area contributed by atoms with Gasteiger partial charge in [-0.3, -0.25) is 0 Å². The maximum absolute atomic E-state index is 10.9. The second-order valence-electron chi connectivity index (χ2n) is 6.14. The molecule has 1 rings (SSSR count). The van der Waals surface area contributed by atoms with E-state index in [1.54, 1.807) is 0 Å². The molecule has 0 aromatic carbocycles. The number of hydrogen-bond donors (Lipinski definition) is 1. The molecule has 0 saturated carbocycles. The summed E-state index contributed by atoms with van der Waals surface area (Å²) < 4.78 is 4.65. The van der Waals surface area contributed by atoms with E-state index in [4.69, 9.17) is 0 Å². The van der Waals surface area contributed by atoms with Gasteiger partial charge in [0.05, 0.1) is 0 Å². The van der Waals surface area contributed by atoms with Crippen LogP contribution in [0.5, 0.6) is 0 Å². The lowest BCUT2D eigenvalue weighted by atomic mass is 10.1. The van der Waals surface area contributed by atoms with Gasteiger partial charge in [0.15, 0.2) is 0 Å². The molecule has 23 heavy (non-hydrogen) atoms. The summed E-state index contributed by atoms with van der Waals surface area (Å²) in [5, 5.41) is 9.44. The Morgan fingerprint density at radius 3 is 2.26 bits per heavy atom. The van der Waals surface area contributed by atoms with Gasteiger partial charge in [0.2, 0.25) is 6.29 Å². The Morgan fingerprint density at radius 2 is 1.65 bits per heavy atom. The molecule has 0 radical (unpaired) electrons. The van der Waals surface area contributed by atoms with Gasteiger partial charge in [-0.25, -0.2) is 4.79 Å². The first kappa shape index (κ1) is 19.7. The van der Waals surface area contributed by atoms with Crippen LogP contribution in [-0.2, 0) is 9.53 Å². The van der Waals surface area contributed by atoms with Crippen LogP contribution in [0, 0.1) is 0 Å². The fourth-order valence-corrected chi connectivity index (χ4v) is 2.60. The van der Waals surface area contributed by atoms with E-state index in [0.29, 0.717) is 0 Å². The smallest absolute Gasteiger partial charge is 0.333 e. The van der Waals surface area contributed by atoms with Gasteiger partial charge >= 0.3 is 5.97 Å². The van der Waals surface area contributed by atoms with Crippen LogP contribution < -0.4 is 0 Å². The summed E-state index contributed by atoms with van der Waals surface area (Å²) in [6.45, 7) is 2.23. The average molecular weight is 320 g/mol. The van der Waals surface area contributed by atoms with Crippen molar-refractivity contribution in [2.45, 2.75) is 83.8 Å². The van der Waals surface area contributed by atoms with Gasteiger partial charge in [-0.1, -0.05) is 56.9 Å². The quantitative estimate of drug-likeness (QED) is 0.288. The summed E-state index contributed by atoms with van der Waals surface area (Å²) in [7, 11) is 0. The molecule has 130 valence electrons. The Hall–Kier alpha value is -1.35. The molecule has 0 amide bonds. The molecular formula is C20H32O3. The summed E-state index contributed by atoms with van der Waals surface area (Å²) in [5.74, 6) is -0.419. The Labute approximate surface area is 141 Å². The molecule has 1 atom stereocenters. The van der Waals surface area contributed by atoms with Gasteiger partial charge in [-0.2, -0.15) is 0 Å². The number of aliphatic hydroxyl groups is 1. The van der Waals surface area contributed by atoms with Crippen LogP contribution in [0.3, 0.4) is 0 Å². The molecule has 3 nitrogen and oxygen atoms in total. The third-order valence-corrected chi connectivity index (χ3v) is 4.01. The maximum Gasteiger partial charge on any atom is 0.333 e. The molecule has 1 N–H and O–H groups in total. The molecule has 1 unspecified atom stereocenters. The number of hydrogen-bond acceptors (Lipinski definition) is 3. The van der Waals surface area contributed by atoms with Gasteiger partial charge in [0.25, 0.3) is 0 Å². The Kier molecular flexibility index (Phi) is 11.2. The van der Waals surface area contributed by atoms with E-state index < -0.39 is 12.3 Å². The summed E-state index contributed by atoms with van der Waals surface area (Å²) >= 11 is 0. The molecule has 0 aliphatic carbocycles. The van der Waals surface area contributed by atoms with Crippen molar-refractivity contribution < 1.29 is 14.6 Å². The fourth-order valence-electron chi connectivity index (χ4n) is 2.60. The highest BCUT2D eigenvalue weighted by Gasteiger charge is 2.22. The second-order valence-corrected chi connectivity index (χ2v) is 6.14. The molecule has 0 spiro atoms. The van der Waals surface area contributed by atoms with Crippen LogP contribution in [0.15, 0.2) is 36.0 Å². The second kappa shape index (κ2) is 13.1. The minimum atomic E-state index is -1.000. The van der Waals surface area contributed by atoms with Crippen LogP contribution in [0.1, 0.15) is 77.6 Å². The van der Waals surface area contributed by atoms with E-state index in [-0.39, 0.29) is 0 Å². The average Bonchev–Trinajstić information content (AvgIpc) is 2.85. The lowest BCUT2D eigenvalue weighted by Crippen LogP contribution is -2.09. The van der Waals surface area contributed by atoms with E-state index in [1.165, 1.54) is 44.6 Å². The standard InChI is InChI=1S/C20H32O3/c1-2-3-4-5-6-7-8-9-10-11-12-13-14-15-16-18-17-19(21)23-20(18)22/h6-7,9-10,17,20,22H,2-5,8,11-16H2,1H3/b7-6-,10-9-. The highest BCUT2D eigenvalue weighted by Crippen LogP contribution is 2.20. The maximum atomic E-state index is 10.9. The number of carbonyl (C=O) groups is 1. The number of rotatable bonds is 13. The number of cyclic esters (lactones) is 1. The largest absolute Gasteiger partial charge is 0.429 e. The first-order valence-corrected chi connectivity index (χ1v) is 9.13. The molecule has 0 aromatic heterocycles. The summed E-state index contributed by atoms with van der Waals surface area (Å²) in [6, 6.07) is 0. The monoisotopic (exact) mass is 320 g/mol. The summed E-state index contributed by atoms with van der Waals surface area (Å²) in [6.07, 6.45) is 22.1. The van der Waals surface area contributed by atoms with E-state index in [2.05, 4.69) is 36.0 Å². The van der Waals surface area contributed by atoms with Crippen molar-refractivity contribution in [3.8, 4) is 0 Å². The fraction of sp³-hybridized carbons (Fsp3) is 0.650. The number of ether oxygens (including phenoxy) is 1. The predicted molar refractivity (Wildman–Crippen MR) is 94.9 cm³/mol. The van der Waals surface area contributed by atoms with Crippen LogP contribution in [0.4, 0.5) is 0 Å². The summed E-state index contributed by atoms with van der Waals surface area (Å²) in [4.78, 5) is 10.9. The van der Waals surface area contributed by atoms with E-state index in [1.807, 2.05) is 0 Å². The van der Waals surface area contributed by atoms with Crippen molar-refractivity contribution in [2.75, 3.05) is 0 Å². The first-order valence-electron chi connectivity index (χ1n) is 9.13. The van der Waals surface area contributed by atoms with Crippen LogP contribution in [0.25, 0.3) is 0 Å². The molecule has 1 heterocycles. The molecule has 3 heteroatoms. The van der Waals surface area contributed by atoms with E-state index in [9.17, 15) is 9.90 Å². The number of esters is 1. The molecule has 1 aliphatic rings. The topological polar surface area (TPSA) is 46.5 Å². The van der Waals surface area contributed by atoms with Gasteiger partial charge in [-0.15, -0.1) is 0 Å².